The predicted molar refractivity (Wildman–Crippen MR) is 143 cm³/mol. The minimum absolute atomic E-state index is 0.0685. The third kappa shape index (κ3) is 5.52. The van der Waals surface area contributed by atoms with Crippen molar-refractivity contribution in [1.82, 2.24) is 4.90 Å². The number of benzene rings is 2. The van der Waals surface area contributed by atoms with Crippen LogP contribution in [0.4, 0.5) is 0 Å². The number of para-hydroxylation sites is 1. The van der Waals surface area contributed by atoms with Crippen molar-refractivity contribution in [3.63, 3.8) is 0 Å². The standard InChI is InChI=1S/C30H41NO6/c1-5-34-24-15-10-9-13-22(24)27-23-14-11-12-16-30(23,33)17-18-31(27)29(32)21-19-25(35-6-2)28(37-8-4)26(20-21)36-7-3/h9-10,13,15,19-20,23,27,33H,5-8,11-12,14,16-18H2,1-4H3/t23-,27-,30-/m0/s1. The second-order valence-corrected chi connectivity index (χ2v) is 9.72. The van der Waals surface area contributed by atoms with Crippen LogP contribution in [0.25, 0.3) is 0 Å². The Morgan fingerprint density at radius 3 is 2.16 bits per heavy atom. The van der Waals surface area contributed by atoms with E-state index < -0.39 is 5.60 Å². The fraction of sp³-hybridized carbons (Fsp3) is 0.567. The van der Waals surface area contributed by atoms with Crippen LogP contribution in [0.3, 0.4) is 0 Å². The molecule has 37 heavy (non-hydrogen) atoms. The van der Waals surface area contributed by atoms with E-state index >= 15 is 0 Å². The fourth-order valence-corrected chi connectivity index (χ4v) is 5.98. The number of nitrogens with zero attached hydrogens (tertiary/aromatic N) is 1. The zero-order valence-electron chi connectivity index (χ0n) is 22.6. The highest BCUT2D eigenvalue weighted by Crippen LogP contribution is 2.51. The van der Waals surface area contributed by atoms with Crippen LogP contribution in [-0.4, -0.2) is 54.5 Å². The lowest BCUT2D eigenvalue weighted by Crippen LogP contribution is -2.56. The molecular weight excluding hydrogens is 470 g/mol. The average Bonchev–Trinajstić information content (AvgIpc) is 2.90. The molecule has 0 aromatic heterocycles. The van der Waals surface area contributed by atoms with Gasteiger partial charge in [0.25, 0.3) is 5.91 Å². The van der Waals surface area contributed by atoms with Crippen molar-refractivity contribution in [3.8, 4) is 23.0 Å². The third-order valence-corrected chi connectivity index (χ3v) is 7.52. The van der Waals surface area contributed by atoms with Gasteiger partial charge in [0.2, 0.25) is 5.75 Å². The first-order chi connectivity index (χ1) is 18.0. The van der Waals surface area contributed by atoms with Gasteiger partial charge < -0.3 is 29.0 Å². The van der Waals surface area contributed by atoms with Crippen molar-refractivity contribution in [2.24, 2.45) is 5.92 Å². The van der Waals surface area contributed by atoms with Gasteiger partial charge in [-0.05, 0) is 65.2 Å². The summed E-state index contributed by atoms with van der Waals surface area (Å²) in [5.41, 5.74) is 0.643. The Bertz CT molecular complexity index is 1040. The topological polar surface area (TPSA) is 77.5 Å². The van der Waals surface area contributed by atoms with Crippen molar-refractivity contribution in [2.45, 2.75) is 71.4 Å². The van der Waals surface area contributed by atoms with Crippen molar-refractivity contribution in [2.75, 3.05) is 33.0 Å². The molecule has 0 unspecified atom stereocenters. The lowest BCUT2D eigenvalue weighted by molar-refractivity contribution is -0.115. The maximum atomic E-state index is 14.3. The number of hydrogen-bond donors (Lipinski definition) is 1. The number of fused-ring (bicyclic) bond motifs is 1. The number of carbonyl (C=O) groups is 1. The van der Waals surface area contributed by atoms with Crippen LogP contribution >= 0.6 is 0 Å². The van der Waals surface area contributed by atoms with E-state index in [1.54, 1.807) is 12.1 Å². The fourth-order valence-electron chi connectivity index (χ4n) is 5.98. The summed E-state index contributed by atoms with van der Waals surface area (Å²) in [5, 5.41) is 11.7. The zero-order chi connectivity index (χ0) is 26.4. The molecule has 2 aromatic rings. The summed E-state index contributed by atoms with van der Waals surface area (Å²) >= 11 is 0. The Hall–Kier alpha value is -2.93. The van der Waals surface area contributed by atoms with E-state index in [2.05, 4.69) is 0 Å². The van der Waals surface area contributed by atoms with E-state index in [4.69, 9.17) is 18.9 Å². The summed E-state index contributed by atoms with van der Waals surface area (Å²) in [6.07, 6.45) is 4.23. The van der Waals surface area contributed by atoms with Gasteiger partial charge in [-0.15, -0.1) is 0 Å². The molecule has 7 nitrogen and oxygen atoms in total. The van der Waals surface area contributed by atoms with Gasteiger partial charge in [0.1, 0.15) is 5.75 Å². The lowest BCUT2D eigenvalue weighted by Gasteiger charge is -2.52. The highest BCUT2D eigenvalue weighted by atomic mass is 16.5. The van der Waals surface area contributed by atoms with Gasteiger partial charge in [-0.2, -0.15) is 0 Å². The van der Waals surface area contributed by atoms with Crippen LogP contribution < -0.4 is 18.9 Å². The van der Waals surface area contributed by atoms with E-state index in [-0.39, 0.29) is 17.9 Å². The maximum absolute atomic E-state index is 14.3. The van der Waals surface area contributed by atoms with Crippen molar-refractivity contribution < 1.29 is 28.8 Å². The monoisotopic (exact) mass is 511 g/mol. The number of carbonyl (C=O) groups excluding carboxylic acids is 1. The molecule has 3 atom stereocenters. The molecule has 2 aromatic carbocycles. The molecule has 2 fully saturated rings. The van der Waals surface area contributed by atoms with Gasteiger partial charge in [-0.1, -0.05) is 31.0 Å². The SMILES string of the molecule is CCOc1ccccc1[C@H]1[C@@H]2CCCC[C@]2(O)CCN1C(=O)c1cc(OCC)c(OCC)c(OCC)c1. The van der Waals surface area contributed by atoms with Gasteiger partial charge in [0.05, 0.1) is 38.1 Å². The summed E-state index contributed by atoms with van der Waals surface area (Å²) < 4.78 is 23.6. The Morgan fingerprint density at radius 1 is 0.892 bits per heavy atom. The van der Waals surface area contributed by atoms with Crippen molar-refractivity contribution >= 4 is 5.91 Å². The van der Waals surface area contributed by atoms with Crippen LogP contribution in [0, 0.1) is 5.92 Å². The molecule has 1 aliphatic carbocycles. The van der Waals surface area contributed by atoms with E-state index in [0.717, 1.165) is 37.0 Å². The number of hydrogen-bond acceptors (Lipinski definition) is 6. The summed E-state index contributed by atoms with van der Waals surface area (Å²) in [7, 11) is 0. The Balaban J connectivity index is 1.80. The van der Waals surface area contributed by atoms with Gasteiger partial charge in [-0.25, -0.2) is 0 Å². The number of piperidine rings is 1. The minimum Gasteiger partial charge on any atom is -0.494 e. The summed E-state index contributed by atoms with van der Waals surface area (Å²) in [6.45, 7) is 9.99. The molecule has 1 saturated heterocycles. The zero-order valence-corrected chi connectivity index (χ0v) is 22.6. The molecular formula is C30H41NO6. The van der Waals surface area contributed by atoms with Gasteiger partial charge >= 0.3 is 0 Å². The Labute approximate surface area is 220 Å². The first kappa shape index (κ1) is 27.1. The molecule has 0 spiro atoms. The molecule has 1 amide bonds. The number of aliphatic hydroxyl groups is 1. The lowest BCUT2D eigenvalue weighted by atomic mass is 9.66. The molecule has 1 aliphatic heterocycles. The molecule has 0 bridgehead atoms. The van der Waals surface area contributed by atoms with Gasteiger partial charge in [0.15, 0.2) is 11.5 Å². The number of amides is 1. The number of rotatable bonds is 10. The molecule has 7 heteroatoms. The molecule has 1 N–H and O–H groups in total. The third-order valence-electron chi connectivity index (χ3n) is 7.52. The maximum Gasteiger partial charge on any atom is 0.254 e. The Kier molecular flexibility index (Phi) is 8.85. The molecule has 0 radical (unpaired) electrons. The Morgan fingerprint density at radius 2 is 1.51 bits per heavy atom. The first-order valence-electron chi connectivity index (χ1n) is 13.8. The van der Waals surface area contributed by atoms with E-state index in [0.29, 0.717) is 62.2 Å². The quantitative estimate of drug-likeness (QED) is 0.435. The van der Waals surface area contributed by atoms with E-state index in [1.165, 1.54) is 0 Å². The smallest absolute Gasteiger partial charge is 0.254 e. The number of ether oxygens (including phenoxy) is 4. The second-order valence-electron chi connectivity index (χ2n) is 9.72. The highest BCUT2D eigenvalue weighted by molar-refractivity contribution is 5.96. The van der Waals surface area contributed by atoms with Crippen molar-refractivity contribution in [1.29, 1.82) is 0 Å². The molecule has 4 rings (SSSR count). The minimum atomic E-state index is -0.787. The first-order valence-corrected chi connectivity index (χ1v) is 13.8. The largest absolute Gasteiger partial charge is 0.494 e. The second kappa shape index (κ2) is 12.1. The summed E-state index contributed by atoms with van der Waals surface area (Å²) in [6, 6.07) is 11.1. The summed E-state index contributed by atoms with van der Waals surface area (Å²) in [5.74, 6) is 2.09. The predicted octanol–water partition coefficient (Wildman–Crippen LogP) is 5.79. The van der Waals surface area contributed by atoms with Crippen LogP contribution in [0.1, 0.15) is 81.8 Å². The molecule has 1 saturated carbocycles. The van der Waals surface area contributed by atoms with E-state index in [9.17, 15) is 9.90 Å². The van der Waals surface area contributed by atoms with Gasteiger partial charge in [0, 0.05) is 23.6 Å². The molecule has 1 heterocycles. The van der Waals surface area contributed by atoms with E-state index in [1.807, 2.05) is 56.9 Å². The van der Waals surface area contributed by atoms with Crippen LogP contribution in [0.5, 0.6) is 23.0 Å². The van der Waals surface area contributed by atoms with Crippen molar-refractivity contribution in [3.05, 3.63) is 47.5 Å². The normalized spacial score (nSPS) is 23.2. The van der Waals surface area contributed by atoms with Gasteiger partial charge in [-0.3, -0.25) is 4.79 Å². The van der Waals surface area contributed by atoms with Crippen LogP contribution in [0.15, 0.2) is 36.4 Å². The van der Waals surface area contributed by atoms with Crippen LogP contribution in [0.2, 0.25) is 0 Å². The molecule has 202 valence electrons. The van der Waals surface area contributed by atoms with Crippen LogP contribution in [-0.2, 0) is 0 Å². The summed E-state index contributed by atoms with van der Waals surface area (Å²) in [4.78, 5) is 16.2. The number of likely N-dealkylation sites (tertiary alicyclic amines) is 1. The molecule has 2 aliphatic rings. The highest BCUT2D eigenvalue weighted by Gasteiger charge is 2.51. The average molecular weight is 512 g/mol.